The molecule has 2 aliphatic rings. The van der Waals surface area contributed by atoms with Crippen molar-refractivity contribution in [2.75, 3.05) is 25.0 Å². The van der Waals surface area contributed by atoms with E-state index in [9.17, 15) is 13.2 Å². The zero-order chi connectivity index (χ0) is 28.4. The van der Waals surface area contributed by atoms with Crippen molar-refractivity contribution >= 4 is 38.1 Å². The molecular formula is C31H34F3N5OS. The Labute approximate surface area is 241 Å². The normalized spacial score (nSPS) is 17.5. The molecule has 41 heavy (non-hydrogen) atoms. The van der Waals surface area contributed by atoms with Crippen LogP contribution in [0.15, 0.2) is 36.5 Å². The minimum Gasteiger partial charge on any atom is -0.381 e. The van der Waals surface area contributed by atoms with Gasteiger partial charge < -0.3 is 15.0 Å². The van der Waals surface area contributed by atoms with Crippen molar-refractivity contribution in [1.29, 1.82) is 5.26 Å². The number of aromatic nitrogens is 2. The maximum Gasteiger partial charge on any atom is 0.393 e. The molecule has 1 aromatic carbocycles. The van der Waals surface area contributed by atoms with Gasteiger partial charge in [0.05, 0.1) is 18.7 Å². The Morgan fingerprint density at radius 3 is 2.68 bits per heavy atom. The van der Waals surface area contributed by atoms with Crippen LogP contribution in [0, 0.1) is 17.2 Å². The van der Waals surface area contributed by atoms with E-state index in [0.717, 1.165) is 71.4 Å². The van der Waals surface area contributed by atoms with E-state index < -0.39 is 12.6 Å². The monoisotopic (exact) mass is 581 g/mol. The molecule has 1 saturated carbocycles. The molecule has 0 amide bonds. The summed E-state index contributed by atoms with van der Waals surface area (Å²) in [5.74, 6) is 0.596. The Hall–Kier alpha value is -3.13. The number of hydrogen-bond acceptors (Lipinski definition) is 6. The largest absolute Gasteiger partial charge is 0.393 e. The number of ether oxygens (including phenoxy) is 1. The van der Waals surface area contributed by atoms with Gasteiger partial charge in [-0.05, 0) is 61.4 Å². The first-order chi connectivity index (χ1) is 19.8. The van der Waals surface area contributed by atoms with Crippen molar-refractivity contribution < 1.29 is 17.9 Å². The third-order valence-electron chi connectivity index (χ3n) is 8.30. The Bertz CT molecular complexity index is 1540. The van der Waals surface area contributed by atoms with E-state index in [1.54, 1.807) is 12.3 Å². The summed E-state index contributed by atoms with van der Waals surface area (Å²) in [5, 5.41) is 14.7. The van der Waals surface area contributed by atoms with Gasteiger partial charge in [-0.15, -0.1) is 11.3 Å². The molecule has 3 aromatic heterocycles. The predicted molar refractivity (Wildman–Crippen MR) is 156 cm³/mol. The van der Waals surface area contributed by atoms with Gasteiger partial charge in [-0.3, -0.25) is 4.90 Å². The Morgan fingerprint density at radius 2 is 1.93 bits per heavy atom. The highest BCUT2D eigenvalue weighted by molar-refractivity contribution is 7.18. The summed E-state index contributed by atoms with van der Waals surface area (Å²) in [6, 6.07) is 12.2. The highest BCUT2D eigenvalue weighted by atomic mass is 32.1. The molecule has 2 N–H and O–H groups in total. The van der Waals surface area contributed by atoms with Crippen LogP contribution >= 0.6 is 11.3 Å². The van der Waals surface area contributed by atoms with Crippen LogP contribution in [0.5, 0.6) is 0 Å². The van der Waals surface area contributed by atoms with E-state index in [0.29, 0.717) is 29.7 Å². The van der Waals surface area contributed by atoms with Crippen LogP contribution in [-0.2, 0) is 24.3 Å². The average Bonchev–Trinajstić information content (AvgIpc) is 3.69. The number of fused-ring (bicyclic) bond motifs is 2. The van der Waals surface area contributed by atoms with Crippen LogP contribution in [0.25, 0.3) is 21.1 Å². The van der Waals surface area contributed by atoms with Crippen molar-refractivity contribution in [3.8, 4) is 6.07 Å². The van der Waals surface area contributed by atoms with Gasteiger partial charge in [0.1, 0.15) is 16.6 Å². The SMILES string of the molecule is N#Cc1cc2cc(CN3CCC(Nc4c(COCC5CCCC5)cnc5sc(CC(F)(F)F)cc45)CC3)ccc2[nH]1. The number of nitrogens with one attached hydrogen (secondary N) is 2. The minimum absolute atomic E-state index is 0.210. The molecule has 4 aromatic rings. The lowest BCUT2D eigenvalue weighted by Crippen LogP contribution is -2.38. The fraction of sp³-hybridized carbons (Fsp3) is 0.484. The van der Waals surface area contributed by atoms with Crippen LogP contribution in [0.1, 0.15) is 60.2 Å². The maximum atomic E-state index is 13.2. The van der Waals surface area contributed by atoms with Gasteiger partial charge in [0, 0.05) is 65.2 Å². The second-order valence-electron chi connectivity index (χ2n) is 11.5. The van der Waals surface area contributed by atoms with E-state index in [2.05, 4.69) is 38.4 Å². The first-order valence-corrected chi connectivity index (χ1v) is 15.2. The van der Waals surface area contributed by atoms with E-state index in [4.69, 9.17) is 10.00 Å². The molecule has 6 rings (SSSR count). The third kappa shape index (κ3) is 6.85. The molecule has 1 saturated heterocycles. The number of rotatable bonds is 9. The standard InChI is InChI=1S/C31H34F3N5OS/c32-31(33,34)14-26-13-27-29(23(16-36-30(27)41-26)19-40-18-20-3-1-2-4-20)38-24-7-9-39(10-8-24)17-21-5-6-28-22(11-21)12-25(15-35)37-28/h5-6,11-13,16,20,24,37H,1-4,7-10,14,17-19H2,(H,36,38). The van der Waals surface area contributed by atoms with E-state index >= 15 is 0 Å². The summed E-state index contributed by atoms with van der Waals surface area (Å²) in [5.41, 5.74) is 4.52. The molecule has 1 aliphatic carbocycles. The average molecular weight is 582 g/mol. The lowest BCUT2D eigenvalue weighted by molar-refractivity contribution is -0.126. The number of nitrogens with zero attached hydrogens (tertiary/aromatic N) is 3. The molecule has 0 unspecified atom stereocenters. The first kappa shape index (κ1) is 28.0. The molecule has 1 aliphatic heterocycles. The smallest absolute Gasteiger partial charge is 0.381 e. The quantitative estimate of drug-likeness (QED) is 0.214. The summed E-state index contributed by atoms with van der Waals surface area (Å²) in [6.07, 6.45) is 3.35. The predicted octanol–water partition coefficient (Wildman–Crippen LogP) is 7.54. The number of piperidine rings is 1. The maximum absolute atomic E-state index is 13.2. The fourth-order valence-electron chi connectivity index (χ4n) is 6.20. The summed E-state index contributed by atoms with van der Waals surface area (Å²) in [7, 11) is 0. The van der Waals surface area contributed by atoms with Gasteiger partial charge in [0.25, 0.3) is 0 Å². The molecular weight excluding hydrogens is 547 g/mol. The van der Waals surface area contributed by atoms with Crippen LogP contribution in [0.2, 0.25) is 0 Å². The van der Waals surface area contributed by atoms with Crippen molar-refractivity contribution in [1.82, 2.24) is 14.9 Å². The summed E-state index contributed by atoms with van der Waals surface area (Å²) < 4.78 is 45.6. The lowest BCUT2D eigenvalue weighted by Gasteiger charge is -2.33. The van der Waals surface area contributed by atoms with Gasteiger partial charge >= 0.3 is 6.18 Å². The van der Waals surface area contributed by atoms with Crippen LogP contribution in [-0.4, -0.2) is 46.8 Å². The number of thiophene rings is 1. The highest BCUT2D eigenvalue weighted by Gasteiger charge is 2.29. The van der Waals surface area contributed by atoms with E-state index in [1.807, 2.05) is 12.1 Å². The van der Waals surface area contributed by atoms with Crippen LogP contribution in [0.4, 0.5) is 18.9 Å². The van der Waals surface area contributed by atoms with Gasteiger partial charge in [-0.2, -0.15) is 18.4 Å². The number of alkyl halides is 3. The van der Waals surface area contributed by atoms with Gasteiger partial charge in [-0.1, -0.05) is 18.9 Å². The second kappa shape index (κ2) is 12.0. The number of likely N-dealkylation sites (tertiary alicyclic amines) is 1. The van der Waals surface area contributed by atoms with E-state index in [1.165, 1.54) is 31.2 Å². The summed E-state index contributed by atoms with van der Waals surface area (Å²) in [6.45, 7) is 3.78. The molecule has 10 heteroatoms. The van der Waals surface area contributed by atoms with Gasteiger partial charge in [0.2, 0.25) is 0 Å². The summed E-state index contributed by atoms with van der Waals surface area (Å²) in [4.78, 5) is 11.0. The Balaban J connectivity index is 1.14. The third-order valence-corrected chi connectivity index (χ3v) is 9.34. The number of aromatic amines is 1. The number of pyridine rings is 1. The van der Waals surface area contributed by atoms with Crippen LogP contribution in [0.3, 0.4) is 0 Å². The lowest BCUT2D eigenvalue weighted by atomic mass is 10.0. The van der Waals surface area contributed by atoms with Crippen LogP contribution < -0.4 is 5.32 Å². The summed E-state index contributed by atoms with van der Waals surface area (Å²) >= 11 is 1.12. The number of hydrogen-bond donors (Lipinski definition) is 2. The zero-order valence-corrected chi connectivity index (χ0v) is 23.7. The van der Waals surface area contributed by atoms with Gasteiger partial charge in [0.15, 0.2) is 0 Å². The second-order valence-corrected chi connectivity index (χ2v) is 12.6. The molecule has 216 valence electrons. The topological polar surface area (TPSA) is 77.0 Å². The van der Waals surface area contributed by atoms with Crippen molar-refractivity contribution in [2.45, 2.75) is 70.3 Å². The number of H-pyrrole nitrogens is 1. The van der Waals surface area contributed by atoms with E-state index in [-0.39, 0.29) is 10.9 Å². The Kier molecular flexibility index (Phi) is 8.20. The molecule has 0 spiro atoms. The zero-order valence-electron chi connectivity index (χ0n) is 22.9. The van der Waals surface area contributed by atoms with Gasteiger partial charge in [-0.25, -0.2) is 4.98 Å². The number of anilines is 1. The first-order valence-electron chi connectivity index (χ1n) is 14.4. The minimum atomic E-state index is -4.25. The van der Waals surface area contributed by atoms with Crippen molar-refractivity contribution in [2.24, 2.45) is 5.92 Å². The number of benzene rings is 1. The molecule has 0 bridgehead atoms. The molecule has 6 nitrogen and oxygen atoms in total. The Morgan fingerprint density at radius 1 is 1.12 bits per heavy atom. The molecule has 2 fully saturated rings. The molecule has 0 radical (unpaired) electrons. The molecule has 4 heterocycles. The number of nitriles is 1. The van der Waals surface area contributed by atoms with Crippen molar-refractivity contribution in [3.05, 3.63) is 58.2 Å². The van der Waals surface area contributed by atoms with Crippen molar-refractivity contribution in [3.63, 3.8) is 0 Å². The highest BCUT2D eigenvalue weighted by Crippen LogP contribution is 2.37. The fourth-order valence-corrected chi connectivity index (χ4v) is 7.23. The molecule has 0 atom stereocenters. The number of halogens is 3.